The van der Waals surface area contributed by atoms with Crippen LogP contribution in [0.5, 0.6) is 17.2 Å². The number of amides is 1. The van der Waals surface area contributed by atoms with Crippen LogP contribution in [0.25, 0.3) is 16.6 Å². The number of rotatable bonds is 11. The summed E-state index contributed by atoms with van der Waals surface area (Å²) in [6, 6.07) is 29.4. The molecule has 0 radical (unpaired) electrons. The molecule has 0 fully saturated rings. The second-order valence-electron chi connectivity index (χ2n) is 9.02. The molecule has 0 aliphatic carbocycles. The highest BCUT2D eigenvalue weighted by atomic mass is 32.2. The summed E-state index contributed by atoms with van der Waals surface area (Å²) in [5, 5.41) is 4.96. The van der Waals surface area contributed by atoms with Gasteiger partial charge in [-0.05, 0) is 65.7 Å². The van der Waals surface area contributed by atoms with Crippen LogP contribution in [-0.2, 0) is 11.4 Å². The maximum absolute atomic E-state index is 13.4. The monoisotopic (exact) mass is 580 g/mol. The van der Waals surface area contributed by atoms with Crippen LogP contribution in [0.4, 0.5) is 0 Å². The third kappa shape index (κ3) is 6.79. The number of nitrogens with zero attached hydrogens (tertiary/aromatic N) is 3. The number of fused-ring (bicyclic) bond motifs is 1. The first-order valence-electron chi connectivity index (χ1n) is 13.0. The molecule has 4 aromatic carbocycles. The maximum atomic E-state index is 13.4. The van der Waals surface area contributed by atoms with Crippen molar-refractivity contribution in [2.24, 2.45) is 5.10 Å². The van der Waals surface area contributed by atoms with Gasteiger partial charge in [0.25, 0.3) is 11.5 Å². The number of aromatic nitrogens is 2. The predicted octanol–water partition coefficient (Wildman–Crippen LogP) is 5.22. The predicted molar refractivity (Wildman–Crippen MR) is 164 cm³/mol. The van der Waals surface area contributed by atoms with E-state index in [1.807, 2.05) is 42.5 Å². The van der Waals surface area contributed by atoms with Gasteiger partial charge in [-0.3, -0.25) is 14.2 Å². The van der Waals surface area contributed by atoms with Crippen molar-refractivity contribution >= 4 is 34.8 Å². The van der Waals surface area contributed by atoms with E-state index in [9.17, 15) is 9.59 Å². The first-order valence-corrected chi connectivity index (χ1v) is 14.0. The van der Waals surface area contributed by atoms with Gasteiger partial charge in [0.2, 0.25) is 0 Å². The van der Waals surface area contributed by atoms with Crippen LogP contribution < -0.4 is 25.2 Å². The molecule has 0 unspecified atom stereocenters. The number of thioether (sulfide) groups is 1. The van der Waals surface area contributed by atoms with Gasteiger partial charge in [-0.2, -0.15) is 5.10 Å². The number of ether oxygens (including phenoxy) is 3. The molecule has 42 heavy (non-hydrogen) atoms. The van der Waals surface area contributed by atoms with Crippen LogP contribution in [0.15, 0.2) is 112 Å². The number of hydrogen-bond donors (Lipinski definition) is 1. The molecule has 1 aromatic heterocycles. The molecule has 0 aliphatic rings. The van der Waals surface area contributed by atoms with Crippen molar-refractivity contribution in [1.29, 1.82) is 0 Å². The maximum Gasteiger partial charge on any atom is 0.266 e. The highest BCUT2D eigenvalue weighted by Gasteiger charge is 2.15. The second-order valence-corrected chi connectivity index (χ2v) is 9.96. The molecule has 0 spiro atoms. The molecule has 0 saturated heterocycles. The Morgan fingerprint density at radius 3 is 2.45 bits per heavy atom. The average Bonchev–Trinajstić information content (AvgIpc) is 3.03. The Balaban J connectivity index is 1.25. The summed E-state index contributed by atoms with van der Waals surface area (Å²) >= 11 is 1.14. The van der Waals surface area contributed by atoms with Crippen LogP contribution in [0, 0.1) is 0 Å². The highest BCUT2D eigenvalue weighted by molar-refractivity contribution is 7.99. The second kappa shape index (κ2) is 13.5. The van der Waals surface area contributed by atoms with Gasteiger partial charge < -0.3 is 14.2 Å². The van der Waals surface area contributed by atoms with Crippen molar-refractivity contribution in [3.63, 3.8) is 0 Å². The molecule has 1 amide bonds. The van der Waals surface area contributed by atoms with E-state index in [4.69, 9.17) is 14.2 Å². The quantitative estimate of drug-likeness (QED) is 0.0988. The molecule has 1 N–H and O–H groups in total. The van der Waals surface area contributed by atoms with Gasteiger partial charge in [0, 0.05) is 0 Å². The summed E-state index contributed by atoms with van der Waals surface area (Å²) in [6.07, 6.45) is 1.52. The number of benzene rings is 4. The lowest BCUT2D eigenvalue weighted by Crippen LogP contribution is -2.24. The van der Waals surface area contributed by atoms with E-state index in [1.165, 1.54) is 10.8 Å². The highest BCUT2D eigenvalue weighted by Crippen LogP contribution is 2.28. The van der Waals surface area contributed by atoms with Crippen LogP contribution in [-0.4, -0.2) is 41.6 Å². The van der Waals surface area contributed by atoms with E-state index in [1.54, 1.807) is 68.8 Å². The van der Waals surface area contributed by atoms with Crippen LogP contribution in [0.1, 0.15) is 11.1 Å². The number of carbonyl (C=O) groups excluding carboxylic acids is 1. The van der Waals surface area contributed by atoms with Gasteiger partial charge in [0.15, 0.2) is 16.7 Å². The lowest BCUT2D eigenvalue weighted by molar-refractivity contribution is -0.118. The zero-order valence-corrected chi connectivity index (χ0v) is 23.8. The normalized spacial score (nSPS) is 11.0. The number of hydrogen-bond acceptors (Lipinski definition) is 8. The molecular weight excluding hydrogens is 552 g/mol. The number of hydrazone groups is 1. The van der Waals surface area contributed by atoms with E-state index in [0.29, 0.717) is 45.6 Å². The Hall–Kier alpha value is -5.09. The summed E-state index contributed by atoms with van der Waals surface area (Å²) in [5.41, 5.74) is 5.24. The molecule has 1 heterocycles. The minimum absolute atomic E-state index is 0.00609. The minimum Gasteiger partial charge on any atom is -0.497 e. The van der Waals surface area contributed by atoms with Crippen LogP contribution >= 0.6 is 11.8 Å². The number of carbonyl (C=O) groups is 1. The molecule has 5 rings (SSSR count). The van der Waals surface area contributed by atoms with E-state index >= 15 is 0 Å². The third-order valence-electron chi connectivity index (χ3n) is 6.24. The standard InChI is InChI=1S/C32H28N4O5S/c1-39-25-15-13-24(14-16-25)36-31(38)26-10-6-7-11-27(26)34-32(36)42-21-30(37)35-33-19-23-12-17-28(29(18-23)40-2)41-20-22-8-4-3-5-9-22/h3-19H,20-21H2,1-2H3,(H,35,37)/b33-19-. The van der Waals surface area contributed by atoms with Gasteiger partial charge in [0.1, 0.15) is 12.4 Å². The van der Waals surface area contributed by atoms with Gasteiger partial charge in [-0.25, -0.2) is 10.4 Å². The fourth-order valence-electron chi connectivity index (χ4n) is 4.13. The van der Waals surface area contributed by atoms with Gasteiger partial charge in [-0.15, -0.1) is 0 Å². The third-order valence-corrected chi connectivity index (χ3v) is 7.17. The van der Waals surface area contributed by atoms with E-state index in [2.05, 4.69) is 15.5 Å². The Morgan fingerprint density at radius 2 is 1.69 bits per heavy atom. The van der Waals surface area contributed by atoms with E-state index in [-0.39, 0.29) is 17.2 Å². The lowest BCUT2D eigenvalue weighted by Gasteiger charge is -2.13. The Morgan fingerprint density at radius 1 is 0.929 bits per heavy atom. The fourth-order valence-corrected chi connectivity index (χ4v) is 4.93. The molecule has 0 atom stereocenters. The first-order chi connectivity index (χ1) is 20.6. The van der Waals surface area contributed by atoms with Gasteiger partial charge in [0.05, 0.1) is 42.8 Å². The zero-order chi connectivity index (χ0) is 29.3. The smallest absolute Gasteiger partial charge is 0.266 e. The van der Waals surface area contributed by atoms with Crippen molar-refractivity contribution in [1.82, 2.24) is 15.0 Å². The largest absolute Gasteiger partial charge is 0.497 e. The average molecular weight is 581 g/mol. The first kappa shape index (κ1) is 28.4. The summed E-state index contributed by atoms with van der Waals surface area (Å²) in [6.45, 7) is 0.413. The van der Waals surface area contributed by atoms with Crippen molar-refractivity contribution in [2.75, 3.05) is 20.0 Å². The number of nitrogens with one attached hydrogen (secondary N) is 1. The summed E-state index contributed by atoms with van der Waals surface area (Å²) < 4.78 is 18.1. The van der Waals surface area contributed by atoms with Crippen molar-refractivity contribution in [3.8, 4) is 22.9 Å². The van der Waals surface area contributed by atoms with E-state index in [0.717, 1.165) is 22.9 Å². The molecule has 0 aliphatic heterocycles. The minimum atomic E-state index is -0.352. The molecule has 0 saturated carbocycles. The topological polar surface area (TPSA) is 104 Å². The Kier molecular flexibility index (Phi) is 9.15. The number of methoxy groups -OCH3 is 2. The van der Waals surface area contributed by atoms with Gasteiger partial charge >= 0.3 is 0 Å². The lowest BCUT2D eigenvalue weighted by atomic mass is 10.2. The van der Waals surface area contributed by atoms with Gasteiger partial charge in [-0.1, -0.05) is 54.2 Å². The molecule has 212 valence electrons. The summed E-state index contributed by atoms with van der Waals surface area (Å²) in [7, 11) is 3.14. The fraction of sp³-hybridized carbons (Fsp3) is 0.125. The SMILES string of the molecule is COc1ccc(-n2c(SCC(=O)N/N=C\c3ccc(OCc4ccccc4)c(OC)c3)nc3ccccc3c2=O)cc1. The van der Waals surface area contributed by atoms with Crippen molar-refractivity contribution in [3.05, 3.63) is 119 Å². The molecule has 0 bridgehead atoms. The number of para-hydroxylation sites is 1. The zero-order valence-electron chi connectivity index (χ0n) is 23.0. The van der Waals surface area contributed by atoms with Crippen LogP contribution in [0.2, 0.25) is 0 Å². The van der Waals surface area contributed by atoms with Crippen molar-refractivity contribution < 1.29 is 19.0 Å². The Labute approximate surface area is 246 Å². The Bertz CT molecular complexity index is 1770. The van der Waals surface area contributed by atoms with Crippen molar-refractivity contribution in [2.45, 2.75) is 11.8 Å². The summed E-state index contributed by atoms with van der Waals surface area (Å²) in [4.78, 5) is 30.7. The van der Waals surface area contributed by atoms with Crippen LogP contribution in [0.3, 0.4) is 0 Å². The molecule has 9 nitrogen and oxygen atoms in total. The molecule has 5 aromatic rings. The van der Waals surface area contributed by atoms with E-state index < -0.39 is 0 Å². The molecule has 10 heteroatoms. The summed E-state index contributed by atoms with van der Waals surface area (Å²) in [5.74, 6) is 1.46. The molecular formula is C32H28N4O5S.